The summed E-state index contributed by atoms with van der Waals surface area (Å²) in [4.78, 5) is 11.5. The molecule has 0 saturated heterocycles. The molecule has 0 saturated carbocycles. The topological polar surface area (TPSA) is 80.3 Å². The maximum absolute atomic E-state index is 11.5. The van der Waals surface area contributed by atoms with Gasteiger partial charge in [-0.2, -0.15) is 0 Å². The van der Waals surface area contributed by atoms with Crippen LogP contribution in [0.15, 0.2) is 28.7 Å². The lowest BCUT2D eigenvalue weighted by Crippen LogP contribution is -2.19. The molecule has 5 nitrogen and oxygen atoms in total. The zero-order chi connectivity index (χ0) is 15.0. The minimum absolute atomic E-state index is 0.00154. The quantitative estimate of drug-likeness (QED) is 0.756. The number of nitrogens with one attached hydrogen (secondary N) is 2. The van der Waals surface area contributed by atoms with E-state index in [-0.39, 0.29) is 11.9 Å². The van der Waals surface area contributed by atoms with Gasteiger partial charge in [0.2, 0.25) is 5.91 Å². The van der Waals surface area contributed by atoms with E-state index in [1.807, 2.05) is 38.1 Å². The minimum atomic E-state index is -0.00154. The summed E-state index contributed by atoms with van der Waals surface area (Å²) in [6, 6.07) is 7.71. The Bertz CT molecular complexity index is 691. The predicted molar refractivity (Wildman–Crippen MR) is 83.3 cm³/mol. The van der Waals surface area contributed by atoms with Gasteiger partial charge >= 0.3 is 0 Å². The van der Waals surface area contributed by atoms with E-state index in [0.29, 0.717) is 12.1 Å². The summed E-state index contributed by atoms with van der Waals surface area (Å²) in [5.41, 5.74) is 9.51. The first-order valence-electron chi connectivity index (χ1n) is 7.08. The highest BCUT2D eigenvalue weighted by atomic mass is 16.3. The molecular formula is C16H19N3O2. The number of rotatable bonds is 3. The average molecular weight is 285 g/mol. The van der Waals surface area contributed by atoms with Crippen LogP contribution in [0.3, 0.4) is 0 Å². The van der Waals surface area contributed by atoms with Gasteiger partial charge in [0.05, 0.1) is 17.4 Å². The van der Waals surface area contributed by atoms with Crippen LogP contribution in [0.25, 0.3) is 0 Å². The van der Waals surface area contributed by atoms with Crippen molar-refractivity contribution in [2.45, 2.75) is 32.7 Å². The normalized spacial score (nSPS) is 15.2. The molecule has 0 spiro atoms. The van der Waals surface area contributed by atoms with E-state index < -0.39 is 0 Å². The number of fused-ring (bicyclic) bond motifs is 1. The molecule has 1 aromatic carbocycles. The van der Waals surface area contributed by atoms with Crippen LogP contribution in [0.5, 0.6) is 0 Å². The third-order valence-electron chi connectivity index (χ3n) is 3.73. The zero-order valence-electron chi connectivity index (χ0n) is 12.2. The number of nitrogen functional groups attached to an aromatic ring is 1. The van der Waals surface area contributed by atoms with E-state index in [2.05, 4.69) is 10.6 Å². The molecule has 0 bridgehead atoms. The van der Waals surface area contributed by atoms with E-state index in [9.17, 15) is 4.79 Å². The monoisotopic (exact) mass is 285 g/mol. The SMILES string of the molecule is Cc1ccc(C(C)Nc2cc3c(cc2N)CCC(=O)N3)o1. The third kappa shape index (κ3) is 2.72. The number of carbonyl (C=O) groups is 1. The van der Waals surface area contributed by atoms with Crippen molar-refractivity contribution in [1.29, 1.82) is 0 Å². The Labute approximate surface area is 123 Å². The number of hydrogen-bond acceptors (Lipinski definition) is 4. The largest absolute Gasteiger partial charge is 0.464 e. The Morgan fingerprint density at radius 3 is 2.86 bits per heavy atom. The maximum Gasteiger partial charge on any atom is 0.224 e. The van der Waals surface area contributed by atoms with Crippen LogP contribution in [0.1, 0.15) is 36.5 Å². The van der Waals surface area contributed by atoms with Crippen LogP contribution in [-0.2, 0) is 11.2 Å². The number of anilines is 3. The van der Waals surface area contributed by atoms with Gasteiger partial charge in [-0.05, 0) is 50.1 Å². The molecule has 0 aliphatic carbocycles. The molecule has 1 aromatic heterocycles. The molecule has 5 heteroatoms. The van der Waals surface area contributed by atoms with Crippen LogP contribution < -0.4 is 16.4 Å². The Morgan fingerprint density at radius 2 is 2.14 bits per heavy atom. The van der Waals surface area contributed by atoms with Crippen LogP contribution in [0.4, 0.5) is 17.1 Å². The van der Waals surface area contributed by atoms with Gasteiger partial charge in [0.25, 0.3) is 0 Å². The highest BCUT2D eigenvalue weighted by Crippen LogP contribution is 2.33. The lowest BCUT2D eigenvalue weighted by atomic mass is 10.0. The van der Waals surface area contributed by atoms with Crippen LogP contribution in [-0.4, -0.2) is 5.91 Å². The molecule has 0 radical (unpaired) electrons. The Kier molecular flexibility index (Phi) is 3.33. The maximum atomic E-state index is 11.5. The van der Waals surface area contributed by atoms with E-state index in [4.69, 9.17) is 10.2 Å². The van der Waals surface area contributed by atoms with Gasteiger partial charge in [0, 0.05) is 12.1 Å². The summed E-state index contributed by atoms with van der Waals surface area (Å²) in [7, 11) is 0. The Morgan fingerprint density at radius 1 is 1.33 bits per heavy atom. The molecule has 2 aromatic rings. The fourth-order valence-corrected chi connectivity index (χ4v) is 2.56. The lowest BCUT2D eigenvalue weighted by Gasteiger charge is -2.21. The molecular weight excluding hydrogens is 266 g/mol. The number of benzene rings is 1. The molecule has 110 valence electrons. The van der Waals surface area contributed by atoms with Crippen molar-refractivity contribution < 1.29 is 9.21 Å². The van der Waals surface area contributed by atoms with Crippen LogP contribution >= 0.6 is 0 Å². The van der Waals surface area contributed by atoms with Crippen LogP contribution in [0.2, 0.25) is 0 Å². The van der Waals surface area contributed by atoms with E-state index in [0.717, 1.165) is 34.9 Å². The second-order valence-electron chi connectivity index (χ2n) is 5.46. The Balaban J connectivity index is 1.85. The van der Waals surface area contributed by atoms with Crippen molar-refractivity contribution in [3.05, 3.63) is 41.3 Å². The first-order chi connectivity index (χ1) is 10.0. The number of carbonyl (C=O) groups excluding carboxylic acids is 1. The van der Waals surface area contributed by atoms with Gasteiger partial charge < -0.3 is 20.8 Å². The molecule has 1 aliphatic rings. The number of amides is 1. The van der Waals surface area contributed by atoms with Crippen molar-refractivity contribution in [2.75, 3.05) is 16.4 Å². The van der Waals surface area contributed by atoms with E-state index >= 15 is 0 Å². The predicted octanol–water partition coefficient (Wildman–Crippen LogP) is 3.23. The van der Waals surface area contributed by atoms with Gasteiger partial charge in [-0.3, -0.25) is 4.79 Å². The van der Waals surface area contributed by atoms with E-state index in [1.165, 1.54) is 0 Å². The summed E-state index contributed by atoms with van der Waals surface area (Å²) < 4.78 is 5.61. The first-order valence-corrected chi connectivity index (χ1v) is 7.08. The average Bonchev–Trinajstić information content (AvgIpc) is 2.87. The van der Waals surface area contributed by atoms with Crippen molar-refractivity contribution >= 4 is 23.0 Å². The summed E-state index contributed by atoms with van der Waals surface area (Å²) in [6.07, 6.45) is 1.25. The zero-order valence-corrected chi connectivity index (χ0v) is 12.2. The molecule has 1 atom stereocenters. The summed E-state index contributed by atoms with van der Waals surface area (Å²) in [6.45, 7) is 3.93. The summed E-state index contributed by atoms with van der Waals surface area (Å²) in [5, 5.41) is 6.22. The molecule has 21 heavy (non-hydrogen) atoms. The van der Waals surface area contributed by atoms with Crippen molar-refractivity contribution in [3.8, 4) is 0 Å². The first kappa shape index (κ1) is 13.5. The standard InChI is InChI=1S/C16H19N3O2/c1-9-3-5-15(21-9)10(2)18-14-8-13-11(7-12(14)17)4-6-16(20)19-13/h3,5,7-8,10,18H,4,6,17H2,1-2H3,(H,19,20). The van der Waals surface area contributed by atoms with Crippen LogP contribution in [0, 0.1) is 6.92 Å². The molecule has 2 heterocycles. The number of hydrogen-bond donors (Lipinski definition) is 3. The smallest absolute Gasteiger partial charge is 0.224 e. The van der Waals surface area contributed by atoms with Crippen molar-refractivity contribution in [3.63, 3.8) is 0 Å². The lowest BCUT2D eigenvalue weighted by molar-refractivity contribution is -0.116. The highest BCUT2D eigenvalue weighted by molar-refractivity contribution is 5.95. The van der Waals surface area contributed by atoms with Gasteiger partial charge in [0.1, 0.15) is 11.5 Å². The Hall–Kier alpha value is -2.43. The van der Waals surface area contributed by atoms with Gasteiger partial charge in [0.15, 0.2) is 0 Å². The molecule has 1 unspecified atom stereocenters. The minimum Gasteiger partial charge on any atom is -0.464 e. The van der Waals surface area contributed by atoms with Crippen molar-refractivity contribution in [1.82, 2.24) is 0 Å². The van der Waals surface area contributed by atoms with Gasteiger partial charge in [-0.1, -0.05) is 0 Å². The summed E-state index contributed by atoms with van der Waals surface area (Å²) in [5.74, 6) is 1.78. The fourth-order valence-electron chi connectivity index (χ4n) is 2.56. The highest BCUT2D eigenvalue weighted by Gasteiger charge is 2.18. The molecule has 1 amide bonds. The van der Waals surface area contributed by atoms with E-state index in [1.54, 1.807) is 0 Å². The van der Waals surface area contributed by atoms with Gasteiger partial charge in [-0.25, -0.2) is 0 Å². The molecule has 3 rings (SSSR count). The molecule has 0 fully saturated rings. The summed E-state index contributed by atoms with van der Waals surface area (Å²) >= 11 is 0. The third-order valence-corrected chi connectivity index (χ3v) is 3.73. The van der Waals surface area contributed by atoms with Gasteiger partial charge in [-0.15, -0.1) is 0 Å². The fraction of sp³-hybridized carbons (Fsp3) is 0.312. The second kappa shape index (κ2) is 5.16. The second-order valence-corrected chi connectivity index (χ2v) is 5.46. The molecule has 4 N–H and O–H groups in total. The number of furan rings is 1. The number of nitrogens with two attached hydrogens (primary N) is 1. The van der Waals surface area contributed by atoms with Crippen molar-refractivity contribution in [2.24, 2.45) is 0 Å². The number of aryl methyl sites for hydroxylation is 2. The molecule has 1 aliphatic heterocycles.